The van der Waals surface area contributed by atoms with Crippen LogP contribution in [0.5, 0.6) is 0 Å². The van der Waals surface area contributed by atoms with E-state index >= 15 is 0 Å². The number of hydrogen-bond acceptors (Lipinski definition) is 3. The van der Waals surface area contributed by atoms with Crippen LogP contribution in [0.1, 0.15) is 28.4 Å². The molecule has 1 aromatic heterocycles. The van der Waals surface area contributed by atoms with Gasteiger partial charge in [0.15, 0.2) is 0 Å². The Morgan fingerprint density at radius 3 is 2.65 bits per heavy atom. The number of para-hydroxylation sites is 1. The lowest BCUT2D eigenvalue weighted by Crippen LogP contribution is -3.14. The van der Waals surface area contributed by atoms with Gasteiger partial charge in [-0.2, -0.15) is 0 Å². The average molecular weight is 460 g/mol. The van der Waals surface area contributed by atoms with Crippen molar-refractivity contribution < 1.29 is 19.2 Å². The lowest BCUT2D eigenvalue weighted by molar-refractivity contribution is -0.907. The molecule has 2 N–H and O–H groups in total. The van der Waals surface area contributed by atoms with Crippen LogP contribution in [0, 0.1) is 6.92 Å². The number of rotatable bonds is 4. The summed E-state index contributed by atoms with van der Waals surface area (Å²) in [6, 6.07) is 15.7. The van der Waals surface area contributed by atoms with Gasteiger partial charge in [-0.05, 0) is 29.7 Å². The van der Waals surface area contributed by atoms with Gasteiger partial charge in [-0.15, -0.1) is 0 Å². The highest BCUT2D eigenvalue weighted by Gasteiger charge is 2.48. The molecular weight excluding hydrogens is 428 g/mol. The van der Waals surface area contributed by atoms with Crippen molar-refractivity contribution in [2.24, 2.45) is 0 Å². The van der Waals surface area contributed by atoms with Crippen molar-refractivity contribution in [1.82, 2.24) is 14.8 Å². The van der Waals surface area contributed by atoms with Gasteiger partial charge in [0.05, 0.1) is 32.3 Å². The smallest absolute Gasteiger partial charge is 0.246 e. The van der Waals surface area contributed by atoms with Gasteiger partial charge in [0.2, 0.25) is 11.8 Å². The average Bonchev–Trinajstić information content (AvgIpc) is 3.24. The third-order valence-electron chi connectivity index (χ3n) is 7.76. The molecule has 0 saturated carbocycles. The topological polar surface area (TPSA) is 70.1 Å². The number of carbonyl (C=O) groups is 2. The van der Waals surface area contributed by atoms with Crippen molar-refractivity contribution >= 4 is 22.7 Å². The molecule has 2 aromatic carbocycles. The van der Waals surface area contributed by atoms with E-state index in [0.29, 0.717) is 13.0 Å². The van der Waals surface area contributed by atoms with Gasteiger partial charge in [0.25, 0.3) is 0 Å². The summed E-state index contributed by atoms with van der Waals surface area (Å²) < 4.78 is 5.46. The molecule has 0 radical (unpaired) electrons. The van der Waals surface area contributed by atoms with Crippen LogP contribution in [0.2, 0.25) is 0 Å². The van der Waals surface area contributed by atoms with Crippen molar-refractivity contribution in [3.63, 3.8) is 0 Å². The second-order valence-corrected chi connectivity index (χ2v) is 9.72. The van der Waals surface area contributed by atoms with E-state index in [2.05, 4.69) is 36.2 Å². The quantitative estimate of drug-likeness (QED) is 0.614. The molecule has 2 atom stereocenters. The van der Waals surface area contributed by atoms with Gasteiger partial charge < -0.3 is 24.4 Å². The first-order valence-corrected chi connectivity index (χ1v) is 12.3. The number of aromatic amines is 1. The largest absolute Gasteiger partial charge is 0.370 e. The highest BCUT2D eigenvalue weighted by Crippen LogP contribution is 2.43. The van der Waals surface area contributed by atoms with Crippen molar-refractivity contribution in [2.75, 3.05) is 45.9 Å². The molecule has 34 heavy (non-hydrogen) atoms. The Kier molecular flexibility index (Phi) is 5.38. The summed E-state index contributed by atoms with van der Waals surface area (Å²) in [7, 11) is 0. The van der Waals surface area contributed by atoms with Gasteiger partial charge in [-0.1, -0.05) is 42.5 Å². The zero-order chi connectivity index (χ0) is 23.2. The number of amides is 2. The molecule has 3 aliphatic rings. The second-order valence-electron chi connectivity index (χ2n) is 9.72. The van der Waals surface area contributed by atoms with Crippen LogP contribution in [0.15, 0.2) is 48.5 Å². The van der Waals surface area contributed by atoms with Crippen LogP contribution in [0.4, 0.5) is 0 Å². The predicted octanol–water partition coefficient (Wildman–Crippen LogP) is 1.08. The molecule has 2 fully saturated rings. The molecule has 3 aromatic rings. The monoisotopic (exact) mass is 459 g/mol. The van der Waals surface area contributed by atoms with Crippen molar-refractivity contribution in [3.05, 3.63) is 70.9 Å². The van der Waals surface area contributed by atoms with Gasteiger partial charge in [-0.25, -0.2) is 0 Å². The van der Waals surface area contributed by atoms with E-state index in [1.807, 2.05) is 29.2 Å². The minimum atomic E-state index is -0.475. The molecule has 0 aliphatic carbocycles. The molecule has 3 aliphatic heterocycles. The number of aryl methyl sites for hydroxylation is 1. The van der Waals surface area contributed by atoms with E-state index < -0.39 is 6.04 Å². The van der Waals surface area contributed by atoms with Gasteiger partial charge in [-0.3, -0.25) is 9.59 Å². The molecule has 2 saturated heterocycles. The molecule has 176 valence electrons. The first kappa shape index (κ1) is 21.4. The predicted molar refractivity (Wildman–Crippen MR) is 129 cm³/mol. The Morgan fingerprint density at radius 2 is 1.82 bits per heavy atom. The van der Waals surface area contributed by atoms with E-state index in [9.17, 15) is 9.59 Å². The Balaban J connectivity index is 1.38. The fourth-order valence-corrected chi connectivity index (χ4v) is 5.93. The number of benzene rings is 2. The van der Waals surface area contributed by atoms with Crippen LogP contribution >= 0.6 is 0 Å². The van der Waals surface area contributed by atoms with E-state index in [1.165, 1.54) is 4.90 Å². The van der Waals surface area contributed by atoms with Crippen LogP contribution < -0.4 is 4.90 Å². The van der Waals surface area contributed by atoms with E-state index in [1.54, 1.807) is 4.90 Å². The maximum atomic E-state index is 13.8. The number of nitrogens with one attached hydrogen (secondary N) is 2. The lowest BCUT2D eigenvalue weighted by atomic mass is 9.85. The highest BCUT2D eigenvalue weighted by molar-refractivity contribution is 5.97. The summed E-state index contributed by atoms with van der Waals surface area (Å²) in [5.41, 5.74) is 5.45. The number of morpholine rings is 1. The molecule has 6 rings (SSSR count). The van der Waals surface area contributed by atoms with Gasteiger partial charge in [0, 0.05) is 23.0 Å². The van der Waals surface area contributed by atoms with Crippen LogP contribution in [0.3, 0.4) is 0 Å². The summed E-state index contributed by atoms with van der Waals surface area (Å²) in [4.78, 5) is 36.1. The number of H-pyrrole nitrogens is 1. The first-order valence-electron chi connectivity index (χ1n) is 12.3. The van der Waals surface area contributed by atoms with Crippen molar-refractivity contribution in [3.8, 4) is 0 Å². The third kappa shape index (κ3) is 3.51. The number of piperazine rings is 1. The normalized spacial score (nSPS) is 23.3. The standard InChI is InChI=1S/C27H30N4O3/c1-18-6-2-3-7-19(18)26-25-21(20-8-4-5-9-22(20)28-25)16-23-27(33)30(17-24(32)31(23)26)11-10-29-12-14-34-15-13-29/h2-9,23,26,28H,10-17H2,1H3/p+1/t23-,26+/m0/s1. The van der Waals surface area contributed by atoms with E-state index in [-0.39, 0.29) is 24.4 Å². The molecule has 7 nitrogen and oxygen atoms in total. The fraction of sp³-hybridized carbons (Fsp3) is 0.407. The molecule has 0 spiro atoms. The Hall–Kier alpha value is -3.16. The van der Waals surface area contributed by atoms with E-state index in [0.717, 1.165) is 66.1 Å². The third-order valence-corrected chi connectivity index (χ3v) is 7.76. The molecule has 0 bridgehead atoms. The van der Waals surface area contributed by atoms with Crippen molar-refractivity contribution in [2.45, 2.75) is 25.4 Å². The zero-order valence-corrected chi connectivity index (χ0v) is 19.5. The summed E-state index contributed by atoms with van der Waals surface area (Å²) >= 11 is 0. The maximum absolute atomic E-state index is 13.8. The van der Waals surface area contributed by atoms with Gasteiger partial charge >= 0.3 is 0 Å². The zero-order valence-electron chi connectivity index (χ0n) is 19.5. The maximum Gasteiger partial charge on any atom is 0.246 e. The molecule has 0 unspecified atom stereocenters. The number of ether oxygens (including phenoxy) is 1. The summed E-state index contributed by atoms with van der Waals surface area (Å²) in [5, 5.41) is 1.14. The Morgan fingerprint density at radius 1 is 1.06 bits per heavy atom. The number of hydrogen-bond donors (Lipinski definition) is 2. The minimum Gasteiger partial charge on any atom is -0.370 e. The Bertz CT molecular complexity index is 1250. The van der Waals surface area contributed by atoms with E-state index in [4.69, 9.17) is 4.74 Å². The second kappa shape index (κ2) is 8.56. The SMILES string of the molecule is Cc1ccccc1[C@@H]1c2[nH]c3ccccc3c2C[C@H]2C(=O)N(CC[NH+]3CCOCC3)CC(=O)N12. The highest BCUT2D eigenvalue weighted by atomic mass is 16.5. The number of fused-ring (bicyclic) bond motifs is 4. The number of aromatic nitrogens is 1. The van der Waals surface area contributed by atoms with Crippen LogP contribution in [0.25, 0.3) is 10.9 Å². The fourth-order valence-electron chi connectivity index (χ4n) is 5.93. The van der Waals surface area contributed by atoms with Crippen molar-refractivity contribution in [1.29, 1.82) is 0 Å². The van der Waals surface area contributed by atoms with Gasteiger partial charge in [0.1, 0.15) is 25.7 Å². The lowest BCUT2D eigenvalue weighted by Gasteiger charge is -2.47. The first-order chi connectivity index (χ1) is 16.6. The Labute approximate surface area is 199 Å². The number of quaternary nitrogens is 1. The molecular formula is C27H31N4O3+. The number of nitrogens with zero attached hydrogens (tertiary/aromatic N) is 2. The number of carbonyl (C=O) groups excluding carboxylic acids is 2. The molecule has 4 heterocycles. The molecule has 2 amide bonds. The summed E-state index contributed by atoms with van der Waals surface area (Å²) in [6.07, 6.45) is 0.549. The summed E-state index contributed by atoms with van der Waals surface area (Å²) in [6.45, 7) is 7.14. The minimum absolute atomic E-state index is 0.0270. The van der Waals surface area contributed by atoms with Crippen LogP contribution in [-0.2, 0) is 20.7 Å². The summed E-state index contributed by atoms with van der Waals surface area (Å²) in [5.74, 6) is 0.0981. The molecule has 7 heteroatoms. The van der Waals surface area contributed by atoms with Crippen LogP contribution in [-0.4, -0.2) is 78.6 Å².